The summed E-state index contributed by atoms with van der Waals surface area (Å²) in [5, 5.41) is 2.51. The van der Waals surface area contributed by atoms with Crippen molar-refractivity contribution < 1.29 is 9.59 Å². The molecule has 0 aromatic heterocycles. The first kappa shape index (κ1) is 12.0. The van der Waals surface area contributed by atoms with Crippen LogP contribution in [0.1, 0.15) is 19.8 Å². The molecule has 0 atom stereocenters. The second-order valence-corrected chi connectivity index (χ2v) is 3.98. The minimum Gasteiger partial charge on any atom is -0.358 e. The van der Waals surface area contributed by atoms with Gasteiger partial charge in [0.25, 0.3) is 0 Å². The predicted octanol–water partition coefficient (Wildman–Crippen LogP) is -0.680. The average molecular weight is 213 g/mol. The maximum Gasteiger partial charge on any atom is 0.239 e. The standard InChI is InChI=1S/C10H19N3O2/c1-3-13(6-8(14)12-2)9(15)10(7-11)4-5-10/h3-7,11H2,1-2H3,(H,12,14). The smallest absolute Gasteiger partial charge is 0.239 e. The van der Waals surface area contributed by atoms with Gasteiger partial charge in [-0.3, -0.25) is 9.59 Å². The number of likely N-dealkylation sites (N-methyl/N-ethyl adjacent to an activating group) is 2. The van der Waals surface area contributed by atoms with E-state index in [9.17, 15) is 9.59 Å². The Morgan fingerprint density at radius 2 is 2.07 bits per heavy atom. The Labute approximate surface area is 90.0 Å². The minimum atomic E-state index is -0.357. The Balaban J connectivity index is 2.58. The Kier molecular flexibility index (Phi) is 3.68. The van der Waals surface area contributed by atoms with Gasteiger partial charge in [-0.1, -0.05) is 0 Å². The van der Waals surface area contributed by atoms with Crippen LogP contribution in [0.4, 0.5) is 0 Å². The number of carbonyl (C=O) groups excluding carboxylic acids is 2. The molecule has 3 N–H and O–H groups in total. The van der Waals surface area contributed by atoms with Gasteiger partial charge in [0.1, 0.15) is 0 Å². The molecule has 0 heterocycles. The van der Waals surface area contributed by atoms with Crippen molar-refractivity contribution in [1.82, 2.24) is 10.2 Å². The van der Waals surface area contributed by atoms with Crippen molar-refractivity contribution in [3.05, 3.63) is 0 Å². The first-order valence-electron chi connectivity index (χ1n) is 5.29. The molecular formula is C10H19N3O2. The quantitative estimate of drug-likeness (QED) is 0.635. The lowest BCUT2D eigenvalue weighted by molar-refractivity contribution is -0.140. The maximum absolute atomic E-state index is 12.0. The number of rotatable bonds is 5. The van der Waals surface area contributed by atoms with Gasteiger partial charge < -0.3 is 16.0 Å². The third-order valence-corrected chi connectivity index (χ3v) is 2.98. The molecular weight excluding hydrogens is 194 g/mol. The molecule has 0 spiro atoms. The molecule has 0 aromatic carbocycles. The van der Waals surface area contributed by atoms with Crippen molar-refractivity contribution in [2.75, 3.05) is 26.7 Å². The van der Waals surface area contributed by atoms with Crippen LogP contribution in [0.2, 0.25) is 0 Å². The van der Waals surface area contributed by atoms with E-state index in [0.29, 0.717) is 13.1 Å². The van der Waals surface area contributed by atoms with Crippen LogP contribution in [0.5, 0.6) is 0 Å². The Bertz CT molecular complexity index is 261. The minimum absolute atomic E-state index is 0.0242. The third kappa shape index (κ3) is 2.47. The lowest BCUT2D eigenvalue weighted by Crippen LogP contribution is -2.45. The summed E-state index contributed by atoms with van der Waals surface area (Å²) in [6.45, 7) is 2.94. The van der Waals surface area contributed by atoms with E-state index < -0.39 is 0 Å². The van der Waals surface area contributed by atoms with E-state index in [1.54, 1.807) is 11.9 Å². The van der Waals surface area contributed by atoms with Gasteiger partial charge in [0, 0.05) is 20.1 Å². The normalized spacial score (nSPS) is 17.0. The number of hydrogen-bond donors (Lipinski definition) is 2. The topological polar surface area (TPSA) is 75.4 Å². The first-order valence-corrected chi connectivity index (χ1v) is 5.29. The van der Waals surface area contributed by atoms with Crippen molar-refractivity contribution in [2.24, 2.45) is 11.1 Å². The molecule has 2 amide bonds. The Hall–Kier alpha value is -1.10. The summed E-state index contributed by atoms with van der Waals surface area (Å²) in [6, 6.07) is 0. The molecule has 86 valence electrons. The number of nitrogens with zero attached hydrogens (tertiary/aromatic N) is 1. The van der Waals surface area contributed by atoms with Crippen molar-refractivity contribution in [2.45, 2.75) is 19.8 Å². The van der Waals surface area contributed by atoms with E-state index >= 15 is 0 Å². The highest BCUT2D eigenvalue weighted by Crippen LogP contribution is 2.46. The molecule has 0 radical (unpaired) electrons. The summed E-state index contributed by atoms with van der Waals surface area (Å²) in [6.07, 6.45) is 1.71. The highest BCUT2D eigenvalue weighted by Gasteiger charge is 2.50. The number of nitrogens with two attached hydrogens (primary N) is 1. The van der Waals surface area contributed by atoms with E-state index in [4.69, 9.17) is 5.73 Å². The lowest BCUT2D eigenvalue weighted by Gasteiger charge is -2.24. The van der Waals surface area contributed by atoms with Crippen molar-refractivity contribution in [3.63, 3.8) is 0 Å². The molecule has 5 nitrogen and oxygen atoms in total. The monoisotopic (exact) mass is 213 g/mol. The molecule has 5 heteroatoms. The SMILES string of the molecule is CCN(CC(=O)NC)C(=O)C1(CN)CC1. The first-order chi connectivity index (χ1) is 7.09. The zero-order valence-electron chi connectivity index (χ0n) is 9.38. The Morgan fingerprint density at radius 3 is 2.40 bits per heavy atom. The molecule has 0 bridgehead atoms. The van der Waals surface area contributed by atoms with Gasteiger partial charge >= 0.3 is 0 Å². The second kappa shape index (κ2) is 4.61. The summed E-state index contributed by atoms with van der Waals surface area (Å²) >= 11 is 0. The second-order valence-electron chi connectivity index (χ2n) is 3.98. The number of nitrogens with one attached hydrogen (secondary N) is 1. The van der Waals surface area contributed by atoms with E-state index in [-0.39, 0.29) is 23.8 Å². The van der Waals surface area contributed by atoms with Gasteiger partial charge in [-0.15, -0.1) is 0 Å². The summed E-state index contributed by atoms with van der Waals surface area (Å²) in [5.74, 6) is -0.117. The predicted molar refractivity (Wildman–Crippen MR) is 57.0 cm³/mol. The molecule has 1 rings (SSSR count). The molecule has 1 saturated carbocycles. The molecule has 0 saturated heterocycles. The van der Waals surface area contributed by atoms with E-state index in [1.165, 1.54) is 0 Å². The third-order valence-electron chi connectivity index (χ3n) is 2.98. The van der Waals surface area contributed by atoms with Crippen LogP contribution in [0.15, 0.2) is 0 Å². The van der Waals surface area contributed by atoms with Gasteiger partial charge in [0.15, 0.2) is 0 Å². The molecule has 1 fully saturated rings. The zero-order valence-corrected chi connectivity index (χ0v) is 9.38. The summed E-state index contributed by atoms with van der Waals surface area (Å²) < 4.78 is 0. The summed E-state index contributed by atoms with van der Waals surface area (Å²) in [5.41, 5.74) is 5.22. The molecule has 0 aromatic rings. The Morgan fingerprint density at radius 1 is 1.47 bits per heavy atom. The van der Waals surface area contributed by atoms with Crippen molar-refractivity contribution in [1.29, 1.82) is 0 Å². The summed E-state index contributed by atoms with van der Waals surface area (Å²) in [4.78, 5) is 24.8. The fourth-order valence-electron chi connectivity index (χ4n) is 1.57. The highest BCUT2D eigenvalue weighted by atomic mass is 16.2. The van der Waals surface area contributed by atoms with E-state index in [2.05, 4.69) is 5.32 Å². The molecule has 1 aliphatic carbocycles. The van der Waals surface area contributed by atoms with Gasteiger partial charge in [-0.05, 0) is 19.8 Å². The van der Waals surface area contributed by atoms with E-state index in [0.717, 1.165) is 12.8 Å². The fourth-order valence-corrected chi connectivity index (χ4v) is 1.57. The van der Waals surface area contributed by atoms with Gasteiger partial charge in [0.05, 0.1) is 12.0 Å². The molecule has 1 aliphatic rings. The summed E-state index contributed by atoms with van der Waals surface area (Å²) in [7, 11) is 1.57. The van der Waals surface area contributed by atoms with Crippen LogP contribution in [0.25, 0.3) is 0 Å². The average Bonchev–Trinajstić information content (AvgIpc) is 3.05. The van der Waals surface area contributed by atoms with Crippen LogP contribution >= 0.6 is 0 Å². The van der Waals surface area contributed by atoms with Gasteiger partial charge in [-0.2, -0.15) is 0 Å². The largest absolute Gasteiger partial charge is 0.358 e. The zero-order chi connectivity index (χ0) is 11.5. The maximum atomic E-state index is 12.0. The lowest BCUT2D eigenvalue weighted by atomic mass is 10.1. The van der Waals surface area contributed by atoms with Gasteiger partial charge in [-0.25, -0.2) is 0 Å². The van der Waals surface area contributed by atoms with Gasteiger partial charge in [0.2, 0.25) is 11.8 Å². The van der Waals surface area contributed by atoms with Crippen LogP contribution in [0, 0.1) is 5.41 Å². The van der Waals surface area contributed by atoms with Crippen molar-refractivity contribution in [3.8, 4) is 0 Å². The van der Waals surface area contributed by atoms with Crippen LogP contribution in [-0.4, -0.2) is 43.4 Å². The number of hydrogen-bond acceptors (Lipinski definition) is 3. The van der Waals surface area contributed by atoms with E-state index in [1.807, 2.05) is 6.92 Å². The molecule has 15 heavy (non-hydrogen) atoms. The fraction of sp³-hybridized carbons (Fsp3) is 0.800. The van der Waals surface area contributed by atoms with Crippen LogP contribution in [-0.2, 0) is 9.59 Å². The van der Waals surface area contributed by atoms with Crippen LogP contribution < -0.4 is 11.1 Å². The molecule has 0 unspecified atom stereocenters. The molecule has 0 aliphatic heterocycles. The van der Waals surface area contributed by atoms with Crippen LogP contribution in [0.3, 0.4) is 0 Å². The van der Waals surface area contributed by atoms with Crippen molar-refractivity contribution >= 4 is 11.8 Å². The number of amides is 2. The number of carbonyl (C=O) groups is 2. The highest BCUT2D eigenvalue weighted by molar-refractivity contribution is 5.89.